The average Bonchev–Trinajstić information content (AvgIpc) is 2.43. The van der Waals surface area contributed by atoms with Crippen LogP contribution in [0.25, 0.3) is 11.2 Å². The molecule has 74 valence electrons. The van der Waals surface area contributed by atoms with Gasteiger partial charge in [0.25, 0.3) is 0 Å². The highest BCUT2D eigenvalue weighted by molar-refractivity contribution is 5.74. The van der Waals surface area contributed by atoms with E-state index in [0.717, 1.165) is 30.0 Å². The van der Waals surface area contributed by atoms with Gasteiger partial charge in [0.15, 0.2) is 5.65 Å². The first-order chi connectivity index (χ1) is 6.72. The van der Waals surface area contributed by atoms with Gasteiger partial charge >= 0.3 is 0 Å². The summed E-state index contributed by atoms with van der Waals surface area (Å²) in [6.07, 6.45) is 2.76. The number of pyridine rings is 1. The van der Waals surface area contributed by atoms with Crippen molar-refractivity contribution in [2.45, 2.75) is 26.8 Å². The molecule has 0 unspecified atom stereocenters. The van der Waals surface area contributed by atoms with Gasteiger partial charge in [-0.25, -0.2) is 9.97 Å². The molecule has 0 aliphatic carbocycles. The molecule has 0 fully saturated rings. The minimum Gasteiger partial charge on any atom is -0.397 e. The third-order valence-corrected chi connectivity index (χ3v) is 2.24. The molecule has 4 nitrogen and oxygen atoms in total. The third kappa shape index (κ3) is 1.32. The topological polar surface area (TPSA) is 56.7 Å². The van der Waals surface area contributed by atoms with Crippen molar-refractivity contribution in [3.8, 4) is 0 Å². The van der Waals surface area contributed by atoms with Crippen molar-refractivity contribution in [3.63, 3.8) is 0 Å². The van der Waals surface area contributed by atoms with Crippen LogP contribution in [0.15, 0.2) is 12.3 Å². The van der Waals surface area contributed by atoms with Gasteiger partial charge in [-0.3, -0.25) is 0 Å². The maximum atomic E-state index is 5.65. The Morgan fingerprint density at radius 2 is 2.29 bits per heavy atom. The lowest BCUT2D eigenvalue weighted by molar-refractivity contribution is 0.670. The Balaban J connectivity index is 2.64. The molecule has 0 saturated heterocycles. The second-order valence-electron chi connectivity index (χ2n) is 3.42. The second-order valence-corrected chi connectivity index (χ2v) is 3.42. The summed E-state index contributed by atoms with van der Waals surface area (Å²) in [7, 11) is 0. The number of aryl methyl sites for hydroxylation is 2. The summed E-state index contributed by atoms with van der Waals surface area (Å²) in [6.45, 7) is 5.09. The van der Waals surface area contributed by atoms with E-state index in [-0.39, 0.29) is 0 Å². The summed E-state index contributed by atoms with van der Waals surface area (Å²) in [4.78, 5) is 8.71. The number of rotatable bonds is 2. The summed E-state index contributed by atoms with van der Waals surface area (Å²) in [5.41, 5.74) is 8.13. The molecule has 0 atom stereocenters. The Bertz CT molecular complexity index is 458. The third-order valence-electron chi connectivity index (χ3n) is 2.24. The fourth-order valence-corrected chi connectivity index (χ4v) is 1.63. The minimum atomic E-state index is 0.665. The maximum absolute atomic E-state index is 5.65. The standard InChI is InChI=1S/C10H14N4/c1-3-4-14-7(2)13-9-5-8(11)6-12-10(9)14/h5-6H,3-4,11H2,1-2H3. The molecule has 2 aromatic rings. The number of anilines is 1. The van der Waals surface area contributed by atoms with Crippen LogP contribution < -0.4 is 5.73 Å². The lowest BCUT2D eigenvalue weighted by Crippen LogP contribution is -2.00. The highest BCUT2D eigenvalue weighted by Crippen LogP contribution is 2.16. The van der Waals surface area contributed by atoms with E-state index in [1.54, 1.807) is 6.20 Å². The Kier molecular flexibility index (Phi) is 2.11. The fourth-order valence-electron chi connectivity index (χ4n) is 1.63. The fraction of sp³-hybridized carbons (Fsp3) is 0.400. The van der Waals surface area contributed by atoms with E-state index in [2.05, 4.69) is 21.5 Å². The second kappa shape index (κ2) is 3.29. The van der Waals surface area contributed by atoms with E-state index in [1.807, 2.05) is 13.0 Å². The van der Waals surface area contributed by atoms with Gasteiger partial charge in [0.1, 0.15) is 11.3 Å². The van der Waals surface area contributed by atoms with Crippen molar-refractivity contribution in [3.05, 3.63) is 18.1 Å². The molecule has 0 aliphatic heterocycles. The van der Waals surface area contributed by atoms with Crippen molar-refractivity contribution >= 4 is 16.9 Å². The SMILES string of the molecule is CCCn1c(C)nc2cc(N)cnc21. The molecule has 0 bridgehead atoms. The largest absolute Gasteiger partial charge is 0.397 e. The molecule has 0 radical (unpaired) electrons. The molecule has 0 spiro atoms. The van der Waals surface area contributed by atoms with E-state index in [0.29, 0.717) is 5.69 Å². The lowest BCUT2D eigenvalue weighted by Gasteiger charge is -2.02. The van der Waals surface area contributed by atoms with Crippen LogP contribution in [0, 0.1) is 6.92 Å². The first-order valence-electron chi connectivity index (χ1n) is 4.80. The Hall–Kier alpha value is -1.58. The highest BCUT2D eigenvalue weighted by atomic mass is 15.1. The first kappa shape index (κ1) is 8.99. The quantitative estimate of drug-likeness (QED) is 0.784. The molecule has 0 aromatic carbocycles. The van der Waals surface area contributed by atoms with Crippen molar-refractivity contribution in [2.24, 2.45) is 0 Å². The van der Waals surface area contributed by atoms with Crippen LogP contribution in [0.4, 0.5) is 5.69 Å². The molecule has 0 amide bonds. The predicted octanol–water partition coefficient (Wildman–Crippen LogP) is 1.73. The van der Waals surface area contributed by atoms with Gasteiger partial charge in [0.05, 0.1) is 11.9 Å². The molecule has 14 heavy (non-hydrogen) atoms. The summed E-state index contributed by atoms with van der Waals surface area (Å²) >= 11 is 0. The molecule has 0 saturated carbocycles. The number of hydrogen-bond donors (Lipinski definition) is 1. The zero-order valence-electron chi connectivity index (χ0n) is 8.49. The molecule has 2 aromatic heterocycles. The Labute approximate surface area is 82.8 Å². The number of imidazole rings is 1. The van der Waals surface area contributed by atoms with Crippen molar-refractivity contribution in [2.75, 3.05) is 5.73 Å². The maximum Gasteiger partial charge on any atom is 0.160 e. The van der Waals surface area contributed by atoms with Gasteiger partial charge in [-0.2, -0.15) is 0 Å². The van der Waals surface area contributed by atoms with Crippen molar-refractivity contribution in [1.29, 1.82) is 0 Å². The van der Waals surface area contributed by atoms with Crippen LogP contribution >= 0.6 is 0 Å². The first-order valence-corrected chi connectivity index (χ1v) is 4.80. The van der Waals surface area contributed by atoms with Crippen LogP contribution in [0.1, 0.15) is 19.2 Å². The van der Waals surface area contributed by atoms with Crippen LogP contribution in [0.2, 0.25) is 0 Å². The van der Waals surface area contributed by atoms with Gasteiger partial charge in [-0.1, -0.05) is 6.92 Å². The summed E-state index contributed by atoms with van der Waals surface area (Å²) in [5.74, 6) is 1.000. The van der Waals surface area contributed by atoms with Gasteiger partial charge < -0.3 is 10.3 Å². The molecule has 2 N–H and O–H groups in total. The smallest absolute Gasteiger partial charge is 0.160 e. The summed E-state index contributed by atoms with van der Waals surface area (Å²) in [5, 5.41) is 0. The number of nitrogen functional groups attached to an aromatic ring is 1. The minimum absolute atomic E-state index is 0.665. The molecule has 4 heteroatoms. The van der Waals surface area contributed by atoms with E-state index in [4.69, 9.17) is 5.73 Å². The Morgan fingerprint density at radius 1 is 1.50 bits per heavy atom. The number of aromatic nitrogens is 3. The molecular formula is C10H14N4. The normalized spacial score (nSPS) is 11.0. The number of nitrogens with two attached hydrogens (primary N) is 1. The van der Waals surface area contributed by atoms with Crippen molar-refractivity contribution < 1.29 is 0 Å². The Morgan fingerprint density at radius 3 is 3.00 bits per heavy atom. The molecule has 0 aliphatic rings. The van der Waals surface area contributed by atoms with E-state index in [1.165, 1.54) is 0 Å². The number of hydrogen-bond acceptors (Lipinski definition) is 3. The number of fused-ring (bicyclic) bond motifs is 1. The molecule has 2 rings (SSSR count). The van der Waals surface area contributed by atoms with Gasteiger partial charge in [-0.05, 0) is 19.4 Å². The molecular weight excluding hydrogens is 176 g/mol. The lowest BCUT2D eigenvalue weighted by atomic mass is 10.4. The highest BCUT2D eigenvalue weighted by Gasteiger charge is 2.07. The monoisotopic (exact) mass is 190 g/mol. The van der Waals surface area contributed by atoms with Crippen LogP contribution in [0.3, 0.4) is 0 Å². The average molecular weight is 190 g/mol. The van der Waals surface area contributed by atoms with E-state index >= 15 is 0 Å². The van der Waals surface area contributed by atoms with Gasteiger partial charge in [0.2, 0.25) is 0 Å². The summed E-state index contributed by atoms with van der Waals surface area (Å²) in [6, 6.07) is 1.86. The van der Waals surface area contributed by atoms with Crippen LogP contribution in [-0.2, 0) is 6.54 Å². The van der Waals surface area contributed by atoms with Gasteiger partial charge in [0, 0.05) is 6.54 Å². The molecule has 2 heterocycles. The predicted molar refractivity (Wildman–Crippen MR) is 57.0 cm³/mol. The van der Waals surface area contributed by atoms with Gasteiger partial charge in [-0.15, -0.1) is 0 Å². The zero-order chi connectivity index (χ0) is 10.1. The van der Waals surface area contributed by atoms with Crippen molar-refractivity contribution in [1.82, 2.24) is 14.5 Å². The number of nitrogens with zero attached hydrogens (tertiary/aromatic N) is 3. The summed E-state index contributed by atoms with van der Waals surface area (Å²) < 4.78 is 2.12. The van der Waals surface area contributed by atoms with E-state index < -0.39 is 0 Å². The van der Waals surface area contributed by atoms with Crippen LogP contribution in [0.5, 0.6) is 0 Å². The van der Waals surface area contributed by atoms with E-state index in [9.17, 15) is 0 Å². The van der Waals surface area contributed by atoms with Crippen LogP contribution in [-0.4, -0.2) is 14.5 Å². The zero-order valence-corrected chi connectivity index (χ0v) is 8.49.